The molecule has 0 spiro atoms. The normalized spacial score (nSPS) is 10.6. The van der Waals surface area contributed by atoms with E-state index in [0.717, 1.165) is 10.1 Å². The number of nitrogen functional groups attached to an aromatic ring is 1. The van der Waals surface area contributed by atoms with Crippen molar-refractivity contribution in [3.63, 3.8) is 0 Å². The van der Waals surface area contributed by atoms with Gasteiger partial charge >= 0.3 is 0 Å². The van der Waals surface area contributed by atoms with E-state index in [1.54, 1.807) is 0 Å². The number of rotatable bonds is 1. The number of benzene rings is 1. The van der Waals surface area contributed by atoms with E-state index in [-0.39, 0.29) is 11.4 Å². The molecule has 0 atom stereocenters. The number of nitro benzene ring substituents is 1. The summed E-state index contributed by atoms with van der Waals surface area (Å²) in [6.45, 7) is 0. The first-order valence-corrected chi connectivity index (χ1v) is 5.38. The lowest BCUT2D eigenvalue weighted by atomic mass is 10.2. The van der Waals surface area contributed by atoms with Gasteiger partial charge in [0.2, 0.25) is 0 Å². The number of nitro groups is 1. The van der Waals surface area contributed by atoms with Gasteiger partial charge in [0.1, 0.15) is 5.69 Å². The second-order valence-corrected chi connectivity index (χ2v) is 4.48. The summed E-state index contributed by atoms with van der Waals surface area (Å²) in [7, 11) is 0. The van der Waals surface area contributed by atoms with E-state index in [1.165, 1.54) is 17.4 Å². The molecule has 1 aromatic heterocycles. The van der Waals surface area contributed by atoms with Crippen molar-refractivity contribution in [3.8, 4) is 0 Å². The van der Waals surface area contributed by atoms with Crippen LogP contribution in [-0.2, 0) is 0 Å². The molecule has 0 aliphatic carbocycles. The maximum absolute atomic E-state index is 10.6. The average Bonchev–Trinajstić information content (AvgIpc) is 2.59. The molecule has 6 heteroatoms. The fraction of sp³-hybridized carbons (Fsp3) is 0. The minimum Gasteiger partial charge on any atom is -0.392 e. The Morgan fingerprint density at radius 1 is 1.57 bits per heavy atom. The summed E-state index contributed by atoms with van der Waals surface area (Å²) in [5.41, 5.74) is 5.87. The Hall–Kier alpha value is -1.14. The van der Waals surface area contributed by atoms with Crippen LogP contribution >= 0.6 is 27.3 Å². The Kier molecular flexibility index (Phi) is 2.16. The number of thiophene rings is 1. The Labute approximate surface area is 91.6 Å². The zero-order chi connectivity index (χ0) is 10.3. The van der Waals surface area contributed by atoms with Crippen LogP contribution in [0.5, 0.6) is 0 Å². The Bertz CT molecular complexity index is 523. The highest BCUT2D eigenvalue weighted by Gasteiger charge is 2.17. The van der Waals surface area contributed by atoms with Crippen molar-refractivity contribution < 1.29 is 4.92 Å². The largest absolute Gasteiger partial charge is 0.392 e. The van der Waals surface area contributed by atoms with E-state index in [1.807, 2.05) is 11.4 Å². The topological polar surface area (TPSA) is 69.2 Å². The molecule has 0 aliphatic heterocycles. The van der Waals surface area contributed by atoms with Crippen molar-refractivity contribution in [1.29, 1.82) is 0 Å². The summed E-state index contributed by atoms with van der Waals surface area (Å²) < 4.78 is 1.46. The van der Waals surface area contributed by atoms with Crippen LogP contribution in [0.1, 0.15) is 0 Å². The Morgan fingerprint density at radius 2 is 2.29 bits per heavy atom. The molecule has 2 N–H and O–H groups in total. The van der Waals surface area contributed by atoms with Gasteiger partial charge in [-0.25, -0.2) is 0 Å². The predicted octanol–water partition coefficient (Wildman–Crippen LogP) is 3.15. The van der Waals surface area contributed by atoms with Crippen molar-refractivity contribution in [1.82, 2.24) is 0 Å². The van der Waals surface area contributed by atoms with Gasteiger partial charge < -0.3 is 5.73 Å². The van der Waals surface area contributed by atoms with E-state index in [9.17, 15) is 10.1 Å². The van der Waals surface area contributed by atoms with E-state index in [4.69, 9.17) is 5.73 Å². The number of nitrogens with two attached hydrogens (primary N) is 1. The van der Waals surface area contributed by atoms with Gasteiger partial charge in [0.15, 0.2) is 0 Å². The first-order valence-electron chi connectivity index (χ1n) is 3.71. The van der Waals surface area contributed by atoms with Gasteiger partial charge in [0, 0.05) is 15.9 Å². The first-order chi connectivity index (χ1) is 6.61. The zero-order valence-electron chi connectivity index (χ0n) is 6.86. The quantitative estimate of drug-likeness (QED) is 0.493. The minimum atomic E-state index is -0.473. The van der Waals surface area contributed by atoms with Crippen LogP contribution in [0.2, 0.25) is 0 Å². The Balaban J connectivity index is 2.88. The first kappa shape index (κ1) is 9.42. The summed E-state index contributed by atoms with van der Waals surface area (Å²) in [5.74, 6) is 0. The molecular formula is C8H5BrN2O2S. The van der Waals surface area contributed by atoms with E-state index in [2.05, 4.69) is 15.9 Å². The second kappa shape index (κ2) is 3.21. The van der Waals surface area contributed by atoms with Crippen molar-refractivity contribution >= 4 is 48.7 Å². The van der Waals surface area contributed by atoms with E-state index < -0.39 is 4.92 Å². The number of halogens is 1. The Morgan fingerprint density at radius 3 is 2.93 bits per heavy atom. The van der Waals surface area contributed by atoms with Gasteiger partial charge in [0.05, 0.1) is 9.62 Å². The molecule has 0 aliphatic rings. The molecule has 4 nitrogen and oxygen atoms in total. The highest BCUT2D eigenvalue weighted by molar-refractivity contribution is 9.10. The molecule has 1 aromatic carbocycles. The SMILES string of the molecule is Nc1c([N+](=O)[O-])cc(Br)c2ccsc12. The maximum atomic E-state index is 10.6. The van der Waals surface area contributed by atoms with Gasteiger partial charge in [-0.2, -0.15) is 0 Å². The molecule has 0 unspecified atom stereocenters. The predicted molar refractivity (Wildman–Crippen MR) is 60.6 cm³/mol. The van der Waals surface area contributed by atoms with Gasteiger partial charge in [0.25, 0.3) is 5.69 Å². The highest BCUT2D eigenvalue weighted by atomic mass is 79.9. The third-order valence-electron chi connectivity index (χ3n) is 1.90. The molecule has 0 fully saturated rings. The molecule has 2 rings (SSSR count). The fourth-order valence-electron chi connectivity index (χ4n) is 1.25. The fourth-order valence-corrected chi connectivity index (χ4v) is 2.80. The monoisotopic (exact) mass is 272 g/mol. The smallest absolute Gasteiger partial charge is 0.294 e. The molecule has 0 bridgehead atoms. The summed E-state index contributed by atoms with van der Waals surface area (Å²) in [6, 6.07) is 3.31. The second-order valence-electron chi connectivity index (χ2n) is 2.71. The number of nitrogens with zero attached hydrogens (tertiary/aromatic N) is 1. The van der Waals surface area contributed by atoms with Crippen LogP contribution in [0.25, 0.3) is 10.1 Å². The molecule has 0 saturated carbocycles. The third kappa shape index (κ3) is 1.27. The summed E-state index contributed by atoms with van der Waals surface area (Å²) in [6.07, 6.45) is 0. The maximum Gasteiger partial charge on any atom is 0.294 e. The summed E-state index contributed by atoms with van der Waals surface area (Å²) >= 11 is 4.68. The van der Waals surface area contributed by atoms with Crippen LogP contribution in [0.3, 0.4) is 0 Å². The summed E-state index contributed by atoms with van der Waals surface area (Å²) in [5, 5.41) is 13.4. The molecular weight excluding hydrogens is 268 g/mol. The van der Waals surface area contributed by atoms with Crippen LogP contribution in [0, 0.1) is 10.1 Å². The lowest BCUT2D eigenvalue weighted by Gasteiger charge is -2.00. The lowest BCUT2D eigenvalue weighted by Crippen LogP contribution is -1.95. The number of fused-ring (bicyclic) bond motifs is 1. The standard InChI is InChI=1S/C8H5BrN2O2S/c9-5-3-6(11(12)13)7(10)8-4(5)1-2-14-8/h1-3H,10H2. The van der Waals surface area contributed by atoms with Crippen LogP contribution in [0.15, 0.2) is 22.0 Å². The van der Waals surface area contributed by atoms with Crippen molar-refractivity contribution in [2.75, 3.05) is 5.73 Å². The van der Waals surface area contributed by atoms with Gasteiger partial charge in [-0.05, 0) is 27.4 Å². The lowest BCUT2D eigenvalue weighted by molar-refractivity contribution is -0.383. The molecule has 2 aromatic rings. The minimum absolute atomic E-state index is 0.0492. The summed E-state index contributed by atoms with van der Waals surface area (Å²) in [4.78, 5) is 10.2. The molecule has 0 amide bonds. The van der Waals surface area contributed by atoms with E-state index >= 15 is 0 Å². The molecule has 1 heterocycles. The number of hydrogen-bond donors (Lipinski definition) is 1. The van der Waals surface area contributed by atoms with Crippen LogP contribution in [-0.4, -0.2) is 4.92 Å². The van der Waals surface area contributed by atoms with Crippen molar-refractivity contribution in [2.24, 2.45) is 0 Å². The van der Waals surface area contributed by atoms with Gasteiger partial charge in [-0.15, -0.1) is 11.3 Å². The van der Waals surface area contributed by atoms with Crippen LogP contribution in [0.4, 0.5) is 11.4 Å². The van der Waals surface area contributed by atoms with Crippen molar-refractivity contribution in [2.45, 2.75) is 0 Å². The number of anilines is 1. The molecule has 14 heavy (non-hydrogen) atoms. The zero-order valence-corrected chi connectivity index (χ0v) is 9.26. The van der Waals surface area contributed by atoms with Crippen LogP contribution < -0.4 is 5.73 Å². The van der Waals surface area contributed by atoms with Gasteiger partial charge in [-0.1, -0.05) is 0 Å². The van der Waals surface area contributed by atoms with E-state index in [0.29, 0.717) is 4.47 Å². The van der Waals surface area contributed by atoms with Gasteiger partial charge in [-0.3, -0.25) is 10.1 Å². The number of hydrogen-bond acceptors (Lipinski definition) is 4. The molecule has 72 valence electrons. The molecule has 0 radical (unpaired) electrons. The molecule has 0 saturated heterocycles. The average molecular weight is 273 g/mol. The highest BCUT2D eigenvalue weighted by Crippen LogP contribution is 2.38. The van der Waals surface area contributed by atoms with Crippen molar-refractivity contribution in [3.05, 3.63) is 32.1 Å². The third-order valence-corrected chi connectivity index (χ3v) is 3.51.